The summed E-state index contributed by atoms with van der Waals surface area (Å²) in [7, 11) is 6.25. The fraction of sp³-hybridized carbons (Fsp3) is 0.912. The summed E-state index contributed by atoms with van der Waals surface area (Å²) in [6.07, 6.45) is -21.8. The van der Waals surface area contributed by atoms with Crippen LogP contribution in [0.2, 0.25) is 0 Å². The smallest absolute Gasteiger partial charge is 0.330 e. The summed E-state index contributed by atoms with van der Waals surface area (Å²) in [5.74, 6) is -1.71. The van der Waals surface area contributed by atoms with Crippen molar-refractivity contribution in [2.24, 2.45) is 22.7 Å². The summed E-state index contributed by atoms with van der Waals surface area (Å²) in [5, 5.41) is 112. The van der Waals surface area contributed by atoms with Crippen molar-refractivity contribution < 1.29 is 141 Å². The van der Waals surface area contributed by atoms with E-state index in [4.69, 9.17) is 80.5 Å². The van der Waals surface area contributed by atoms with Gasteiger partial charge in [0.25, 0.3) is 0 Å². The van der Waals surface area contributed by atoms with Gasteiger partial charge < -0.3 is 132 Å². The Morgan fingerprint density at radius 2 is 1.01 bits per heavy atom. The van der Waals surface area contributed by atoms with Crippen LogP contribution in [-0.4, -0.2) is 293 Å². The molecule has 29 nitrogen and oxygen atoms in total. The zero-order chi connectivity index (χ0) is 70.8. The fourth-order valence-corrected chi connectivity index (χ4v) is 17.6. The van der Waals surface area contributed by atoms with E-state index in [1.807, 2.05) is 47.6 Å². The van der Waals surface area contributed by atoms with Crippen LogP contribution in [0.5, 0.6) is 0 Å². The SMILES string of the molecule is CO[C@H]1C[C@H](O[C@H]2CC[C@@]3(C)C(=CC[C@]4(O)[C@@H]3C[C@@H](OC(=O)/C=C(\C)C(C)C)[C@@]3(C)[C@]4(O)CC[C@@]3(O)C(C)=O)C2)O[C@H](C)[C@H]1O[C@H]1C[C@H](OC)[C@H](O[C@H]2C[C@H](OC)[C@H](O[C@H]3C[C@H](OC)[C@H](O[C@@H]4O[C@H](CO)[C@@H](O[C@@H]5O[C@H](CO)[C@@H](O)[C@H](O)[C@H]5O)[C@H](O)[C@H]4O)[C@@H](C)O3)[C@@H](C)O2)[C@@H](C)O1. The van der Waals surface area contributed by atoms with Gasteiger partial charge in [-0.05, 0) is 105 Å². The first-order chi connectivity index (χ1) is 45.8. The lowest BCUT2D eigenvalue weighted by atomic mass is 9.42. The summed E-state index contributed by atoms with van der Waals surface area (Å²) in [6.45, 7) is 16.6. The highest BCUT2D eigenvalue weighted by Crippen LogP contribution is 2.71. The summed E-state index contributed by atoms with van der Waals surface area (Å²) in [4.78, 5) is 27.0. The Hall–Kier alpha value is -2.42. The fourth-order valence-electron chi connectivity index (χ4n) is 17.6. The second kappa shape index (κ2) is 30.7. The van der Waals surface area contributed by atoms with E-state index in [2.05, 4.69) is 6.92 Å². The van der Waals surface area contributed by atoms with Crippen molar-refractivity contribution in [1.29, 1.82) is 0 Å². The minimum absolute atomic E-state index is 0.0601. The van der Waals surface area contributed by atoms with Crippen molar-refractivity contribution in [2.45, 2.75) is 329 Å². The minimum atomic E-state index is -2.05. The lowest BCUT2D eigenvalue weighted by Gasteiger charge is -2.67. The minimum Gasteiger partial charge on any atom is -0.458 e. The molecular weight excluding hydrogens is 1280 g/mol. The lowest BCUT2D eigenvalue weighted by Crippen LogP contribution is -2.78. The molecule has 6 aliphatic heterocycles. The Labute approximate surface area is 567 Å². The molecule has 4 aliphatic carbocycles. The van der Waals surface area contributed by atoms with E-state index in [0.717, 1.165) is 11.1 Å². The summed E-state index contributed by atoms with van der Waals surface area (Å²) >= 11 is 0. The van der Waals surface area contributed by atoms with Crippen molar-refractivity contribution in [3.05, 3.63) is 23.3 Å². The highest BCUT2D eigenvalue weighted by molar-refractivity contribution is 5.87. The molecule has 6 saturated heterocycles. The molecule has 10 aliphatic rings. The number of allylic oxidation sites excluding steroid dienone is 1. The van der Waals surface area contributed by atoms with Gasteiger partial charge in [-0.2, -0.15) is 0 Å². The van der Waals surface area contributed by atoms with Crippen LogP contribution in [0.4, 0.5) is 0 Å². The maximum Gasteiger partial charge on any atom is 0.330 e. The van der Waals surface area contributed by atoms with E-state index in [-0.39, 0.29) is 50.5 Å². The number of ether oxygens (including phenoxy) is 17. The average molecular weight is 1390 g/mol. The van der Waals surface area contributed by atoms with Gasteiger partial charge in [-0.3, -0.25) is 4.79 Å². The highest BCUT2D eigenvalue weighted by atomic mass is 16.8. The van der Waals surface area contributed by atoms with Crippen LogP contribution in [0.25, 0.3) is 0 Å². The third kappa shape index (κ3) is 14.4. The van der Waals surface area contributed by atoms with Crippen molar-refractivity contribution in [3.8, 4) is 0 Å². The quantitative estimate of drug-likeness (QED) is 0.0407. The van der Waals surface area contributed by atoms with E-state index in [0.29, 0.717) is 32.1 Å². The molecule has 10 N–H and O–H groups in total. The zero-order valence-electron chi connectivity index (χ0n) is 58.4. The number of methoxy groups -OCH3 is 4. The number of rotatable bonds is 22. The number of ketones is 1. The molecule has 29 heteroatoms. The van der Waals surface area contributed by atoms with Gasteiger partial charge in [-0.1, -0.05) is 38.0 Å². The van der Waals surface area contributed by atoms with Crippen molar-refractivity contribution >= 4 is 11.8 Å². The van der Waals surface area contributed by atoms with Gasteiger partial charge in [0.05, 0.1) is 73.6 Å². The van der Waals surface area contributed by atoms with Crippen LogP contribution in [0.3, 0.4) is 0 Å². The van der Waals surface area contributed by atoms with Crippen LogP contribution in [0.15, 0.2) is 23.3 Å². The van der Waals surface area contributed by atoms with Crippen molar-refractivity contribution in [3.63, 3.8) is 0 Å². The second-order valence-electron chi connectivity index (χ2n) is 29.5. The predicted octanol–water partition coefficient (Wildman–Crippen LogP) is 0.773. The highest BCUT2D eigenvalue weighted by Gasteiger charge is 2.81. The van der Waals surface area contributed by atoms with E-state index >= 15 is 0 Å². The number of carbonyl (C=O) groups is 2. The van der Waals surface area contributed by atoms with Gasteiger partial charge in [0.2, 0.25) is 0 Å². The Bertz CT molecular complexity index is 2720. The number of esters is 1. The molecule has 6 heterocycles. The molecule has 34 atom stereocenters. The van der Waals surface area contributed by atoms with Crippen LogP contribution in [0.1, 0.15) is 140 Å². The largest absolute Gasteiger partial charge is 0.458 e. The first-order valence-corrected chi connectivity index (χ1v) is 34.6. The maximum absolute atomic E-state index is 13.6. The summed E-state index contributed by atoms with van der Waals surface area (Å²) in [6, 6.07) is 0. The van der Waals surface area contributed by atoms with E-state index in [1.165, 1.54) is 20.1 Å². The normalized spacial score (nSPS) is 50.5. The van der Waals surface area contributed by atoms with E-state index in [9.17, 15) is 60.7 Å². The monoisotopic (exact) mass is 1390 g/mol. The van der Waals surface area contributed by atoms with E-state index in [1.54, 1.807) is 35.2 Å². The number of aliphatic hydroxyl groups is 10. The molecule has 97 heavy (non-hydrogen) atoms. The van der Waals surface area contributed by atoms with Crippen LogP contribution >= 0.6 is 0 Å². The van der Waals surface area contributed by atoms with Gasteiger partial charge in [-0.15, -0.1) is 0 Å². The van der Waals surface area contributed by atoms with Gasteiger partial charge in [0, 0.05) is 66.1 Å². The number of hydrogen-bond acceptors (Lipinski definition) is 29. The van der Waals surface area contributed by atoms with Crippen molar-refractivity contribution in [1.82, 2.24) is 0 Å². The van der Waals surface area contributed by atoms with Gasteiger partial charge in [-0.25, -0.2) is 4.79 Å². The Kier molecular flexibility index (Phi) is 24.5. The molecule has 556 valence electrons. The number of fused-ring (bicyclic) bond motifs is 5. The van der Waals surface area contributed by atoms with Gasteiger partial charge >= 0.3 is 5.97 Å². The number of carbonyl (C=O) groups excluding carboxylic acids is 2. The Morgan fingerprint density at radius 1 is 0.567 bits per heavy atom. The van der Waals surface area contributed by atoms with E-state index < -0.39 is 224 Å². The number of aliphatic hydroxyl groups excluding tert-OH is 7. The molecule has 0 unspecified atom stereocenters. The first kappa shape index (κ1) is 77.2. The second-order valence-corrected chi connectivity index (χ2v) is 29.5. The summed E-state index contributed by atoms with van der Waals surface area (Å²) in [5.41, 5.74) is -6.32. The molecule has 0 amide bonds. The van der Waals surface area contributed by atoms with Gasteiger partial charge in [0.15, 0.2) is 43.5 Å². The molecule has 0 aromatic carbocycles. The Morgan fingerprint density at radius 3 is 1.46 bits per heavy atom. The van der Waals surface area contributed by atoms with Crippen LogP contribution in [-0.2, 0) is 90.1 Å². The average Bonchev–Trinajstić information content (AvgIpc) is 1.58. The molecule has 0 aromatic rings. The molecule has 0 spiro atoms. The standard InChI is InChI=1S/C68H110O29/c1-30(2)31(3)21-47(72)92-46-27-45-64(9)17-16-38(22-37(64)15-18-67(45,79)68(80)20-19-66(78,36(8)71)65(46,68)10)89-48-23-39(81-11)57(32(4)85-48)93-49-24-40(82-12)58(33(5)86-49)94-50-25-41(83-13)59(34(6)87-50)95-51-26-42(84-14)60(35(7)88-51)96-63-56(77)54(75)61(44(29-70)91-63)97-62-55(76)53(74)52(73)43(28-69)90-62/h15,21,30,32-35,38-46,48-63,69-70,73-80H,16-20,22-29H2,1-14H3/b31-21+/t32-,33-,34-,35-,38+,39+,40+,41+,42+,43-,44-,45-,46-,48+,49+,50+,51+,52-,53+,54-,55-,56-,57-,58-,59-,60-,61-,62+,63+,64+,65-,66-,67+,68-/m1/s1. The molecule has 3 saturated carbocycles. The van der Waals surface area contributed by atoms with Crippen LogP contribution in [0, 0.1) is 22.7 Å². The van der Waals surface area contributed by atoms with Crippen molar-refractivity contribution in [2.75, 3.05) is 41.7 Å². The molecule has 0 radical (unpaired) electrons. The van der Waals surface area contributed by atoms with Gasteiger partial charge in [0.1, 0.15) is 96.2 Å². The Balaban J connectivity index is 0.705. The predicted molar refractivity (Wildman–Crippen MR) is 334 cm³/mol. The molecule has 10 rings (SSSR count). The van der Waals surface area contributed by atoms with Crippen LogP contribution < -0.4 is 0 Å². The molecule has 0 bridgehead atoms. The first-order valence-electron chi connectivity index (χ1n) is 34.6. The number of Topliss-reactive ketones (excluding diaryl/α,β-unsaturated/α-hetero) is 1. The maximum atomic E-state index is 13.6. The third-order valence-corrected chi connectivity index (χ3v) is 23.9. The topological polar surface area (TPSA) is 393 Å². The molecular formula is C68H110O29. The zero-order valence-corrected chi connectivity index (χ0v) is 58.4. The number of hydrogen-bond donors (Lipinski definition) is 10. The third-order valence-electron chi connectivity index (χ3n) is 23.9. The lowest BCUT2D eigenvalue weighted by molar-refractivity contribution is -0.376. The molecule has 0 aromatic heterocycles. The molecule has 9 fully saturated rings. The summed E-state index contributed by atoms with van der Waals surface area (Å²) < 4.78 is 106.